The van der Waals surface area contributed by atoms with Gasteiger partial charge in [0.2, 0.25) is 6.10 Å². The Morgan fingerprint density at radius 3 is 1.96 bits per heavy atom. The first-order chi connectivity index (χ1) is 13.2. The number of carbonyl (C=O) groups is 1. The minimum absolute atomic E-state index is 0.109. The lowest BCUT2D eigenvalue weighted by Gasteiger charge is -2.33. The highest BCUT2D eigenvalue weighted by Gasteiger charge is 2.33. The summed E-state index contributed by atoms with van der Waals surface area (Å²) in [6.45, 7) is 0.205. The van der Waals surface area contributed by atoms with Gasteiger partial charge in [-0.15, -0.1) is 0 Å². The molecular formula is C23H21NO3. The Hall–Kier alpha value is -3.27. The van der Waals surface area contributed by atoms with Crippen molar-refractivity contribution in [2.75, 3.05) is 13.7 Å². The van der Waals surface area contributed by atoms with Crippen molar-refractivity contribution in [1.82, 2.24) is 4.90 Å². The number of rotatable bonds is 4. The van der Waals surface area contributed by atoms with Crippen LogP contribution < -0.4 is 9.47 Å². The van der Waals surface area contributed by atoms with Crippen molar-refractivity contribution in [3.63, 3.8) is 0 Å². The molecule has 0 radical (unpaired) electrons. The number of ether oxygens (including phenoxy) is 2. The summed E-state index contributed by atoms with van der Waals surface area (Å²) in [5.74, 6) is 1.17. The van der Waals surface area contributed by atoms with Crippen LogP contribution in [0.4, 0.5) is 0 Å². The number of carbonyl (C=O) groups excluding carboxylic acids is 1. The first kappa shape index (κ1) is 17.2. The summed E-state index contributed by atoms with van der Waals surface area (Å²) >= 11 is 0. The Bertz CT molecular complexity index is 872. The minimum atomic E-state index is -0.667. The summed E-state index contributed by atoms with van der Waals surface area (Å²) in [4.78, 5) is 15.0. The molecule has 4 heteroatoms. The number of likely N-dealkylation sites (N-methyl/N-ethyl adjacent to an activating group) is 1. The maximum absolute atomic E-state index is 13.2. The van der Waals surface area contributed by atoms with Gasteiger partial charge in [-0.1, -0.05) is 72.8 Å². The standard InChI is InChI=1S/C23H21NO3/c1-24(23(25)21-16-26-19-14-8-9-15-20(19)27-21)22(17-10-4-2-5-11-17)18-12-6-3-7-13-18/h2-15,21-22H,16H2,1H3/t21-/m0/s1. The number of para-hydroxylation sites is 2. The molecule has 136 valence electrons. The maximum Gasteiger partial charge on any atom is 0.267 e. The predicted octanol–water partition coefficient (Wildman–Crippen LogP) is 4.07. The molecule has 0 spiro atoms. The maximum atomic E-state index is 13.2. The van der Waals surface area contributed by atoms with Crippen LogP contribution in [0.15, 0.2) is 84.9 Å². The van der Waals surface area contributed by atoms with Gasteiger partial charge in [-0.2, -0.15) is 0 Å². The zero-order chi connectivity index (χ0) is 18.6. The lowest BCUT2D eigenvalue weighted by atomic mass is 9.97. The van der Waals surface area contributed by atoms with Crippen LogP contribution in [-0.2, 0) is 4.79 Å². The quantitative estimate of drug-likeness (QED) is 0.705. The van der Waals surface area contributed by atoms with E-state index in [2.05, 4.69) is 0 Å². The van der Waals surface area contributed by atoms with Crippen LogP contribution in [0.2, 0.25) is 0 Å². The van der Waals surface area contributed by atoms with Crippen LogP contribution in [0.25, 0.3) is 0 Å². The van der Waals surface area contributed by atoms with Gasteiger partial charge in [-0.25, -0.2) is 0 Å². The Balaban J connectivity index is 1.62. The van der Waals surface area contributed by atoms with E-state index >= 15 is 0 Å². The molecule has 4 nitrogen and oxygen atoms in total. The highest BCUT2D eigenvalue weighted by Crippen LogP contribution is 2.33. The van der Waals surface area contributed by atoms with Crippen molar-refractivity contribution >= 4 is 5.91 Å². The average molecular weight is 359 g/mol. The molecule has 1 aliphatic rings. The average Bonchev–Trinajstić information content (AvgIpc) is 2.74. The van der Waals surface area contributed by atoms with Gasteiger partial charge >= 0.3 is 0 Å². The third-order valence-corrected chi connectivity index (χ3v) is 4.75. The third-order valence-electron chi connectivity index (χ3n) is 4.75. The molecule has 4 rings (SSSR count). The van der Waals surface area contributed by atoms with E-state index in [9.17, 15) is 4.79 Å². The van der Waals surface area contributed by atoms with E-state index in [4.69, 9.17) is 9.47 Å². The van der Waals surface area contributed by atoms with E-state index in [0.717, 1.165) is 11.1 Å². The molecule has 27 heavy (non-hydrogen) atoms. The van der Waals surface area contributed by atoms with Crippen LogP contribution in [0, 0.1) is 0 Å². The molecule has 0 saturated carbocycles. The minimum Gasteiger partial charge on any atom is -0.485 e. The molecule has 1 atom stereocenters. The van der Waals surface area contributed by atoms with Crippen molar-refractivity contribution in [2.45, 2.75) is 12.1 Å². The highest BCUT2D eigenvalue weighted by molar-refractivity contribution is 5.82. The van der Waals surface area contributed by atoms with E-state index < -0.39 is 6.10 Å². The van der Waals surface area contributed by atoms with E-state index in [1.54, 1.807) is 4.90 Å². The molecule has 3 aromatic rings. The van der Waals surface area contributed by atoms with Crippen molar-refractivity contribution < 1.29 is 14.3 Å². The van der Waals surface area contributed by atoms with Crippen LogP contribution in [0.3, 0.4) is 0 Å². The van der Waals surface area contributed by atoms with Gasteiger partial charge in [0, 0.05) is 7.05 Å². The van der Waals surface area contributed by atoms with Gasteiger partial charge in [0.1, 0.15) is 6.61 Å². The molecule has 0 fully saturated rings. The smallest absolute Gasteiger partial charge is 0.267 e. The molecule has 0 aromatic heterocycles. The molecule has 0 unspecified atom stereocenters. The summed E-state index contributed by atoms with van der Waals surface area (Å²) in [7, 11) is 1.82. The molecule has 0 bridgehead atoms. The fraction of sp³-hybridized carbons (Fsp3) is 0.174. The predicted molar refractivity (Wildman–Crippen MR) is 104 cm³/mol. The summed E-state index contributed by atoms with van der Waals surface area (Å²) in [5.41, 5.74) is 2.10. The second-order valence-corrected chi connectivity index (χ2v) is 6.54. The number of fused-ring (bicyclic) bond motifs is 1. The second-order valence-electron chi connectivity index (χ2n) is 6.54. The van der Waals surface area contributed by atoms with Crippen LogP contribution in [0.1, 0.15) is 17.2 Å². The van der Waals surface area contributed by atoms with Gasteiger partial charge in [0.05, 0.1) is 6.04 Å². The van der Waals surface area contributed by atoms with E-state index in [1.807, 2.05) is 92.0 Å². The van der Waals surface area contributed by atoms with Crippen LogP contribution >= 0.6 is 0 Å². The Labute approximate surface area is 159 Å². The molecule has 0 aliphatic carbocycles. The molecule has 0 N–H and O–H groups in total. The SMILES string of the molecule is CN(C(=O)[C@@H]1COc2ccccc2O1)C(c1ccccc1)c1ccccc1. The first-order valence-electron chi connectivity index (χ1n) is 8.99. The van der Waals surface area contributed by atoms with Crippen LogP contribution in [0.5, 0.6) is 11.5 Å². The number of hydrogen-bond donors (Lipinski definition) is 0. The van der Waals surface area contributed by atoms with Crippen molar-refractivity contribution in [2.24, 2.45) is 0 Å². The van der Waals surface area contributed by atoms with E-state index in [-0.39, 0.29) is 18.6 Å². The van der Waals surface area contributed by atoms with Gasteiger partial charge < -0.3 is 14.4 Å². The normalized spacial score (nSPS) is 15.4. The van der Waals surface area contributed by atoms with Crippen molar-refractivity contribution in [1.29, 1.82) is 0 Å². The number of benzene rings is 3. The van der Waals surface area contributed by atoms with E-state index in [1.165, 1.54) is 0 Å². The monoisotopic (exact) mass is 359 g/mol. The fourth-order valence-electron chi connectivity index (χ4n) is 3.41. The summed E-state index contributed by atoms with van der Waals surface area (Å²) in [6, 6.07) is 27.3. The van der Waals surface area contributed by atoms with Gasteiger partial charge in [-0.3, -0.25) is 4.79 Å². The zero-order valence-electron chi connectivity index (χ0n) is 15.1. The van der Waals surface area contributed by atoms with Gasteiger partial charge in [0.15, 0.2) is 11.5 Å². The third kappa shape index (κ3) is 3.51. The number of hydrogen-bond acceptors (Lipinski definition) is 3. The number of amides is 1. The van der Waals surface area contributed by atoms with Gasteiger partial charge in [0.25, 0.3) is 5.91 Å². The summed E-state index contributed by atoms with van der Waals surface area (Å²) in [6.07, 6.45) is -0.667. The molecule has 3 aromatic carbocycles. The van der Waals surface area contributed by atoms with Crippen LogP contribution in [-0.4, -0.2) is 30.6 Å². The lowest BCUT2D eigenvalue weighted by molar-refractivity contribution is -0.141. The summed E-state index contributed by atoms with van der Waals surface area (Å²) < 4.78 is 11.6. The highest BCUT2D eigenvalue weighted by atomic mass is 16.6. The zero-order valence-corrected chi connectivity index (χ0v) is 15.1. The largest absolute Gasteiger partial charge is 0.485 e. The van der Waals surface area contributed by atoms with Crippen molar-refractivity contribution in [3.8, 4) is 11.5 Å². The molecule has 1 aliphatic heterocycles. The Kier molecular flexibility index (Phi) is 4.79. The van der Waals surface area contributed by atoms with E-state index in [0.29, 0.717) is 11.5 Å². The fourth-order valence-corrected chi connectivity index (χ4v) is 3.41. The Morgan fingerprint density at radius 1 is 0.852 bits per heavy atom. The lowest BCUT2D eigenvalue weighted by Crippen LogP contribution is -2.46. The molecule has 0 saturated heterocycles. The molecular weight excluding hydrogens is 338 g/mol. The summed E-state index contributed by atoms with van der Waals surface area (Å²) in [5, 5.41) is 0. The van der Waals surface area contributed by atoms with Crippen molar-refractivity contribution in [3.05, 3.63) is 96.1 Å². The first-order valence-corrected chi connectivity index (χ1v) is 8.99. The topological polar surface area (TPSA) is 38.8 Å². The van der Waals surface area contributed by atoms with Gasteiger partial charge in [-0.05, 0) is 23.3 Å². The molecule has 1 heterocycles. The second kappa shape index (κ2) is 7.54. The Morgan fingerprint density at radius 2 is 1.37 bits per heavy atom. The number of nitrogens with zero attached hydrogens (tertiary/aromatic N) is 1. The molecule has 1 amide bonds.